The minimum Gasteiger partial charge on any atom is -0.508 e. The first-order chi connectivity index (χ1) is 16.3. The fourth-order valence-corrected chi connectivity index (χ4v) is 6.79. The molecular weight excluding hydrogens is 432 g/mol. The van der Waals surface area contributed by atoms with Crippen LogP contribution >= 0.6 is 0 Å². The number of primary amides is 1. The van der Waals surface area contributed by atoms with Crippen LogP contribution in [0.25, 0.3) is 0 Å². The number of hydrogen-bond donors (Lipinski definition) is 4. The van der Waals surface area contributed by atoms with E-state index in [0.29, 0.717) is 18.4 Å². The normalized spacial score (nSPS) is 27.3. The smallest absolute Gasteiger partial charge is 0.261 e. The number of carbonyl (C=O) groups excluding carboxylic acids is 2. The van der Waals surface area contributed by atoms with E-state index in [-0.39, 0.29) is 23.3 Å². The predicted octanol–water partition coefficient (Wildman–Crippen LogP) is 0.989. The van der Waals surface area contributed by atoms with Crippen LogP contribution in [0.15, 0.2) is 29.1 Å². The maximum absolute atomic E-state index is 12.8. The molecule has 3 aliphatic carbocycles. The van der Waals surface area contributed by atoms with Gasteiger partial charge in [-0.3, -0.25) is 19.3 Å². The van der Waals surface area contributed by atoms with Crippen molar-refractivity contribution in [3.63, 3.8) is 0 Å². The minimum atomic E-state index is -0.655. The molecule has 0 spiro atoms. The van der Waals surface area contributed by atoms with Gasteiger partial charge in [-0.25, -0.2) is 0 Å². The minimum absolute atomic E-state index is 0.0183. The number of pyridine rings is 1. The summed E-state index contributed by atoms with van der Waals surface area (Å²) in [6.07, 6.45) is 6.03. The van der Waals surface area contributed by atoms with Crippen LogP contribution in [0.2, 0.25) is 0 Å². The number of nitrogens with one attached hydrogen (secondary N) is 2. The Balaban J connectivity index is 1.41. The first-order valence-electron chi connectivity index (χ1n) is 12.2. The van der Waals surface area contributed by atoms with Crippen molar-refractivity contribution in [2.24, 2.45) is 17.6 Å². The molecule has 3 atom stereocenters. The van der Waals surface area contributed by atoms with Gasteiger partial charge in [0, 0.05) is 23.7 Å². The molecule has 8 nitrogen and oxygen atoms in total. The Morgan fingerprint density at radius 2 is 2.03 bits per heavy atom. The van der Waals surface area contributed by atoms with Gasteiger partial charge in [0.15, 0.2) is 0 Å². The van der Waals surface area contributed by atoms with Gasteiger partial charge >= 0.3 is 0 Å². The van der Waals surface area contributed by atoms with Crippen LogP contribution in [0, 0.1) is 11.8 Å². The van der Waals surface area contributed by atoms with Crippen molar-refractivity contribution < 1.29 is 14.7 Å². The Bertz CT molecular complexity index is 1250. The summed E-state index contributed by atoms with van der Waals surface area (Å²) in [5.74, 6) is 0.192. The SMILES string of the molecule is NC(=O)CNC(=O)c1cc2c([nH]c1=O)C[C@]13CCN(CC4CC4)[C@H](Cc4ccc(O)cc41)[C@@H]3C2. The Morgan fingerprint density at radius 3 is 2.79 bits per heavy atom. The second-order valence-electron chi connectivity index (χ2n) is 10.6. The summed E-state index contributed by atoms with van der Waals surface area (Å²) in [5, 5.41) is 12.8. The highest BCUT2D eigenvalue weighted by atomic mass is 16.3. The van der Waals surface area contributed by atoms with Crippen molar-refractivity contribution >= 4 is 11.8 Å². The van der Waals surface area contributed by atoms with E-state index in [1.807, 2.05) is 6.07 Å². The van der Waals surface area contributed by atoms with E-state index in [1.165, 1.54) is 24.0 Å². The van der Waals surface area contributed by atoms with Crippen LogP contribution < -0.4 is 16.6 Å². The maximum atomic E-state index is 12.8. The van der Waals surface area contributed by atoms with Crippen LogP contribution in [-0.2, 0) is 29.5 Å². The molecule has 34 heavy (non-hydrogen) atoms. The molecule has 2 aromatic rings. The van der Waals surface area contributed by atoms with Crippen molar-refractivity contribution in [3.8, 4) is 5.75 Å². The lowest BCUT2D eigenvalue weighted by Crippen LogP contribution is -2.63. The lowest BCUT2D eigenvalue weighted by Gasteiger charge is -2.59. The third-order valence-corrected chi connectivity index (χ3v) is 8.55. The highest BCUT2D eigenvalue weighted by molar-refractivity contribution is 5.96. The third-order valence-electron chi connectivity index (χ3n) is 8.55. The van der Waals surface area contributed by atoms with Crippen LogP contribution in [0.5, 0.6) is 5.75 Å². The quantitative estimate of drug-likeness (QED) is 0.527. The molecule has 6 rings (SSSR count). The summed E-state index contributed by atoms with van der Waals surface area (Å²) >= 11 is 0. The molecule has 8 heteroatoms. The first-order valence-corrected chi connectivity index (χ1v) is 12.2. The third kappa shape index (κ3) is 3.43. The second-order valence-corrected chi connectivity index (χ2v) is 10.6. The summed E-state index contributed by atoms with van der Waals surface area (Å²) in [6.45, 7) is 1.86. The van der Waals surface area contributed by atoms with E-state index in [1.54, 1.807) is 12.1 Å². The van der Waals surface area contributed by atoms with Crippen molar-refractivity contribution in [3.05, 3.63) is 62.6 Å². The van der Waals surface area contributed by atoms with Gasteiger partial charge in [-0.2, -0.15) is 0 Å². The number of nitrogens with two attached hydrogens (primary N) is 1. The lowest BCUT2D eigenvalue weighted by atomic mass is 9.52. The molecule has 5 N–H and O–H groups in total. The number of aromatic hydroxyl groups is 1. The van der Waals surface area contributed by atoms with Crippen molar-refractivity contribution in [1.82, 2.24) is 15.2 Å². The Labute approximate surface area is 197 Å². The van der Waals surface area contributed by atoms with E-state index in [4.69, 9.17) is 5.73 Å². The number of rotatable bonds is 5. The van der Waals surface area contributed by atoms with Gasteiger partial charge in [0.05, 0.1) is 6.54 Å². The standard InChI is InChI=1S/C26H30N4O4/c27-23(32)12-28-24(33)18-7-16-8-20-22-9-15-3-4-17(31)10-19(15)26(20,11-21(16)29-25(18)34)5-6-30(22)13-14-1-2-14/h3-4,7,10,14,20,22,31H,1-2,5-6,8-9,11-13H2,(H2,27,32)(H,28,33)(H,29,34)/t20-,22+,26+/m0/s1. The zero-order valence-electron chi connectivity index (χ0n) is 19.1. The summed E-state index contributed by atoms with van der Waals surface area (Å²) in [4.78, 5) is 42.1. The lowest BCUT2D eigenvalue weighted by molar-refractivity contribution is -0.117. The fourth-order valence-electron chi connectivity index (χ4n) is 6.79. The summed E-state index contributed by atoms with van der Waals surface area (Å²) in [5.41, 5.74) is 8.94. The summed E-state index contributed by atoms with van der Waals surface area (Å²) in [7, 11) is 0. The van der Waals surface area contributed by atoms with E-state index >= 15 is 0 Å². The second kappa shape index (κ2) is 7.70. The Hall–Kier alpha value is -3.13. The molecule has 1 aliphatic heterocycles. The number of phenols is 1. The molecule has 1 aromatic heterocycles. The Kier molecular flexibility index (Phi) is 4.85. The van der Waals surface area contributed by atoms with Crippen LogP contribution in [0.4, 0.5) is 0 Å². The number of nitrogens with zero attached hydrogens (tertiary/aromatic N) is 1. The molecule has 2 bridgehead atoms. The van der Waals surface area contributed by atoms with E-state index in [9.17, 15) is 19.5 Å². The number of phenolic OH excluding ortho intramolecular Hbond substituents is 1. The van der Waals surface area contributed by atoms with E-state index in [2.05, 4.69) is 21.3 Å². The number of amides is 2. The van der Waals surface area contributed by atoms with E-state index < -0.39 is 17.4 Å². The van der Waals surface area contributed by atoms with Gasteiger partial charge in [-0.1, -0.05) is 6.07 Å². The fraction of sp³-hybridized carbons (Fsp3) is 0.500. The number of H-pyrrole nitrogens is 1. The zero-order chi connectivity index (χ0) is 23.6. The van der Waals surface area contributed by atoms with Gasteiger partial charge in [-0.05, 0) is 91.8 Å². The molecule has 1 aromatic carbocycles. The molecule has 4 aliphatic rings. The van der Waals surface area contributed by atoms with Gasteiger partial charge < -0.3 is 21.1 Å². The van der Waals surface area contributed by atoms with Gasteiger partial charge in [-0.15, -0.1) is 0 Å². The molecule has 0 radical (unpaired) electrons. The molecule has 0 unspecified atom stereocenters. The molecular formula is C26H30N4O4. The number of aromatic amines is 1. The monoisotopic (exact) mass is 462 g/mol. The van der Waals surface area contributed by atoms with Crippen LogP contribution in [0.3, 0.4) is 0 Å². The molecule has 2 amide bonds. The number of fused-ring (bicyclic) bond motifs is 2. The molecule has 2 fully saturated rings. The highest BCUT2D eigenvalue weighted by Crippen LogP contribution is 2.55. The maximum Gasteiger partial charge on any atom is 0.261 e. The van der Waals surface area contributed by atoms with Crippen LogP contribution in [-0.4, -0.2) is 52.5 Å². The molecule has 1 saturated carbocycles. The number of piperidine rings is 1. The average Bonchev–Trinajstić information content (AvgIpc) is 3.62. The molecule has 1 saturated heterocycles. The number of aromatic nitrogens is 1. The van der Waals surface area contributed by atoms with E-state index in [0.717, 1.165) is 49.5 Å². The van der Waals surface area contributed by atoms with Crippen LogP contribution in [0.1, 0.15) is 52.0 Å². The highest BCUT2D eigenvalue weighted by Gasteiger charge is 2.55. The zero-order valence-corrected chi connectivity index (χ0v) is 19.1. The number of likely N-dealkylation sites (tertiary alicyclic amines) is 1. The number of carbonyl (C=O) groups is 2. The first kappa shape index (κ1) is 21.4. The topological polar surface area (TPSA) is 129 Å². The largest absolute Gasteiger partial charge is 0.508 e. The van der Waals surface area contributed by atoms with Gasteiger partial charge in [0.25, 0.3) is 11.5 Å². The predicted molar refractivity (Wildman–Crippen MR) is 126 cm³/mol. The number of hydrogen-bond acceptors (Lipinski definition) is 5. The summed E-state index contributed by atoms with van der Waals surface area (Å²) in [6, 6.07) is 7.89. The Morgan fingerprint density at radius 1 is 1.21 bits per heavy atom. The molecule has 178 valence electrons. The summed E-state index contributed by atoms with van der Waals surface area (Å²) < 4.78 is 0. The average molecular weight is 463 g/mol. The van der Waals surface area contributed by atoms with Crippen molar-refractivity contribution in [2.75, 3.05) is 19.6 Å². The van der Waals surface area contributed by atoms with Gasteiger partial charge in [0.2, 0.25) is 5.91 Å². The van der Waals surface area contributed by atoms with Crippen molar-refractivity contribution in [2.45, 2.75) is 50.0 Å². The van der Waals surface area contributed by atoms with Crippen molar-refractivity contribution in [1.29, 1.82) is 0 Å². The molecule has 2 heterocycles. The number of benzene rings is 1. The van der Waals surface area contributed by atoms with Gasteiger partial charge in [0.1, 0.15) is 11.3 Å².